The van der Waals surface area contributed by atoms with Gasteiger partial charge in [0, 0.05) is 0 Å². The van der Waals surface area contributed by atoms with Crippen LogP contribution in [-0.2, 0) is 4.79 Å². The second kappa shape index (κ2) is 2.60. The lowest BCUT2D eigenvalue weighted by Crippen LogP contribution is -2.42. The van der Waals surface area contributed by atoms with Crippen molar-refractivity contribution in [1.29, 1.82) is 0 Å². The van der Waals surface area contributed by atoms with Gasteiger partial charge in [0.05, 0.1) is 5.92 Å². The predicted octanol–water partition coefficient (Wildman–Crippen LogP) is 2.45. The van der Waals surface area contributed by atoms with Gasteiger partial charge < -0.3 is 5.11 Å². The van der Waals surface area contributed by atoms with E-state index in [1.54, 1.807) is 0 Å². The van der Waals surface area contributed by atoms with Gasteiger partial charge in [0.25, 0.3) is 0 Å². The van der Waals surface area contributed by atoms with Crippen LogP contribution in [0.25, 0.3) is 0 Å². The minimum absolute atomic E-state index is 0.0648. The van der Waals surface area contributed by atoms with E-state index in [2.05, 4.69) is 19.9 Å². The second-order valence-electron chi connectivity index (χ2n) is 4.76. The molecule has 2 nitrogen and oxygen atoms in total. The van der Waals surface area contributed by atoms with Crippen LogP contribution in [0.4, 0.5) is 0 Å². The largest absolute Gasteiger partial charge is 0.481 e. The molecule has 3 aliphatic carbocycles. The number of hydrogen-bond acceptors (Lipinski definition) is 1. The second-order valence-corrected chi connectivity index (χ2v) is 4.76. The number of carbonyl (C=O) groups is 1. The molecule has 0 heterocycles. The predicted molar refractivity (Wildman–Crippen MR) is 50.3 cm³/mol. The molecule has 3 aliphatic rings. The van der Waals surface area contributed by atoms with Crippen LogP contribution in [-0.4, -0.2) is 11.1 Å². The van der Waals surface area contributed by atoms with Crippen LogP contribution in [0.15, 0.2) is 11.6 Å². The first-order valence-electron chi connectivity index (χ1n) is 4.95. The molecule has 0 aromatic heterocycles. The molecule has 3 rings (SSSR count). The Morgan fingerprint density at radius 1 is 1.69 bits per heavy atom. The normalized spacial score (nSPS) is 43.1. The van der Waals surface area contributed by atoms with Crippen LogP contribution < -0.4 is 0 Å². The third-order valence-corrected chi connectivity index (χ3v) is 3.85. The molecule has 1 saturated carbocycles. The first kappa shape index (κ1) is 8.79. The van der Waals surface area contributed by atoms with E-state index in [0.717, 1.165) is 12.8 Å². The molecular formula is C11H16O2. The molecule has 72 valence electrons. The number of aliphatic carboxylic acids is 1. The average molecular weight is 180 g/mol. The highest BCUT2D eigenvalue weighted by Crippen LogP contribution is 2.52. The van der Waals surface area contributed by atoms with Gasteiger partial charge in [0.1, 0.15) is 0 Å². The Balaban J connectivity index is 2.36. The van der Waals surface area contributed by atoms with Crippen LogP contribution >= 0.6 is 0 Å². The van der Waals surface area contributed by atoms with E-state index in [-0.39, 0.29) is 11.3 Å². The molecule has 2 bridgehead atoms. The van der Waals surface area contributed by atoms with Crippen LogP contribution in [0.5, 0.6) is 0 Å². The molecule has 3 atom stereocenters. The topological polar surface area (TPSA) is 37.3 Å². The quantitative estimate of drug-likeness (QED) is 0.629. The summed E-state index contributed by atoms with van der Waals surface area (Å²) in [6, 6.07) is 0. The zero-order chi connectivity index (χ0) is 9.64. The van der Waals surface area contributed by atoms with Gasteiger partial charge in [-0.3, -0.25) is 4.79 Å². The third-order valence-electron chi connectivity index (χ3n) is 3.85. The van der Waals surface area contributed by atoms with Crippen LogP contribution in [0.3, 0.4) is 0 Å². The maximum atomic E-state index is 11.0. The van der Waals surface area contributed by atoms with E-state index in [1.165, 1.54) is 12.0 Å². The Labute approximate surface area is 78.6 Å². The van der Waals surface area contributed by atoms with Gasteiger partial charge in [-0.2, -0.15) is 0 Å². The zero-order valence-electron chi connectivity index (χ0n) is 8.21. The number of allylic oxidation sites excluding steroid dienone is 2. The fourth-order valence-corrected chi connectivity index (χ4v) is 2.94. The summed E-state index contributed by atoms with van der Waals surface area (Å²) in [6.07, 6.45) is 5.28. The zero-order valence-corrected chi connectivity index (χ0v) is 8.21. The maximum absolute atomic E-state index is 11.0. The molecule has 1 fully saturated rings. The van der Waals surface area contributed by atoms with Gasteiger partial charge in [-0.1, -0.05) is 18.6 Å². The van der Waals surface area contributed by atoms with Crippen molar-refractivity contribution in [3.8, 4) is 0 Å². The molecular weight excluding hydrogens is 164 g/mol. The van der Waals surface area contributed by atoms with Crippen molar-refractivity contribution in [2.45, 2.75) is 33.1 Å². The number of hydrogen-bond donors (Lipinski definition) is 1. The van der Waals surface area contributed by atoms with E-state index in [4.69, 9.17) is 5.11 Å². The van der Waals surface area contributed by atoms with Crippen molar-refractivity contribution >= 4 is 5.97 Å². The number of carboxylic acids is 1. The Morgan fingerprint density at radius 3 is 2.85 bits per heavy atom. The Kier molecular flexibility index (Phi) is 1.76. The first-order chi connectivity index (χ1) is 6.03. The Bertz CT molecular complexity index is 280. The Hall–Kier alpha value is -0.790. The number of rotatable bonds is 1. The molecule has 1 N–H and O–H groups in total. The number of carboxylic acid groups (broad SMARTS) is 1. The molecule has 0 radical (unpaired) electrons. The van der Waals surface area contributed by atoms with Gasteiger partial charge in [-0.15, -0.1) is 0 Å². The monoisotopic (exact) mass is 180 g/mol. The lowest BCUT2D eigenvalue weighted by Gasteiger charge is -2.46. The highest BCUT2D eigenvalue weighted by molar-refractivity contribution is 5.72. The summed E-state index contributed by atoms with van der Waals surface area (Å²) in [5.41, 5.74) is 1.34. The minimum Gasteiger partial charge on any atom is -0.481 e. The van der Waals surface area contributed by atoms with Crippen molar-refractivity contribution in [2.24, 2.45) is 17.3 Å². The molecule has 2 heteroatoms. The first-order valence-corrected chi connectivity index (χ1v) is 4.95. The van der Waals surface area contributed by atoms with Gasteiger partial charge >= 0.3 is 5.97 Å². The van der Waals surface area contributed by atoms with Gasteiger partial charge in [0.15, 0.2) is 0 Å². The van der Waals surface area contributed by atoms with E-state index >= 15 is 0 Å². The van der Waals surface area contributed by atoms with Crippen molar-refractivity contribution < 1.29 is 9.90 Å². The molecule has 0 aromatic carbocycles. The van der Waals surface area contributed by atoms with Crippen molar-refractivity contribution in [3.05, 3.63) is 11.6 Å². The smallest absolute Gasteiger partial charge is 0.307 e. The van der Waals surface area contributed by atoms with E-state index in [1.807, 2.05) is 0 Å². The molecule has 0 saturated heterocycles. The van der Waals surface area contributed by atoms with E-state index in [0.29, 0.717) is 5.92 Å². The number of fused-ring (bicyclic) bond motifs is 2. The summed E-state index contributed by atoms with van der Waals surface area (Å²) in [4.78, 5) is 11.0. The van der Waals surface area contributed by atoms with E-state index < -0.39 is 5.97 Å². The fourth-order valence-electron chi connectivity index (χ4n) is 2.94. The summed E-state index contributed by atoms with van der Waals surface area (Å²) in [7, 11) is 0. The highest BCUT2D eigenvalue weighted by Gasteiger charge is 2.46. The van der Waals surface area contributed by atoms with Gasteiger partial charge in [-0.25, -0.2) is 0 Å². The third kappa shape index (κ3) is 1.19. The molecule has 13 heavy (non-hydrogen) atoms. The van der Waals surface area contributed by atoms with E-state index in [9.17, 15) is 4.79 Å². The van der Waals surface area contributed by atoms with Gasteiger partial charge in [0.2, 0.25) is 0 Å². The van der Waals surface area contributed by atoms with Gasteiger partial charge in [-0.05, 0) is 37.5 Å². The maximum Gasteiger partial charge on any atom is 0.307 e. The SMILES string of the molecule is CC1=C[C@]2(C)CC[C@H]1C[C@H]2C(=O)O. The molecule has 0 aliphatic heterocycles. The Morgan fingerprint density at radius 2 is 2.38 bits per heavy atom. The van der Waals surface area contributed by atoms with Crippen molar-refractivity contribution in [1.82, 2.24) is 0 Å². The molecule has 0 unspecified atom stereocenters. The standard InChI is InChI=1S/C11H16O2/c1-7-6-11(2)4-3-8(7)5-9(11)10(12)13/h6,8-9H,3-5H2,1-2H3,(H,12,13)/t8-,9-,11-/m0/s1. The van der Waals surface area contributed by atoms with Crippen molar-refractivity contribution in [2.75, 3.05) is 0 Å². The lowest BCUT2D eigenvalue weighted by atomic mass is 9.58. The van der Waals surface area contributed by atoms with Crippen molar-refractivity contribution in [3.63, 3.8) is 0 Å². The minimum atomic E-state index is -0.615. The van der Waals surface area contributed by atoms with Crippen LogP contribution in [0.2, 0.25) is 0 Å². The summed E-state index contributed by atoms with van der Waals surface area (Å²) in [5, 5.41) is 9.08. The lowest BCUT2D eigenvalue weighted by molar-refractivity contribution is -0.148. The molecule has 0 aromatic rings. The highest BCUT2D eigenvalue weighted by atomic mass is 16.4. The van der Waals surface area contributed by atoms with Crippen LogP contribution in [0.1, 0.15) is 33.1 Å². The summed E-state index contributed by atoms with van der Waals surface area (Å²) in [6.45, 7) is 4.23. The average Bonchev–Trinajstić information content (AvgIpc) is 2.02. The fraction of sp³-hybridized carbons (Fsp3) is 0.727. The summed E-state index contributed by atoms with van der Waals surface area (Å²) in [5.74, 6) is -0.214. The molecule has 0 spiro atoms. The summed E-state index contributed by atoms with van der Waals surface area (Å²) < 4.78 is 0. The van der Waals surface area contributed by atoms with Crippen LogP contribution in [0, 0.1) is 17.3 Å². The summed E-state index contributed by atoms with van der Waals surface area (Å²) >= 11 is 0. The molecule has 0 amide bonds.